The predicted octanol–water partition coefficient (Wildman–Crippen LogP) is 5.26. The number of rotatable bonds is 7. The Kier molecular flexibility index (Phi) is 7.26. The minimum atomic E-state index is 0.532. The molecule has 2 aromatic carbocycles. The second-order valence-electron chi connectivity index (χ2n) is 7.56. The van der Waals surface area contributed by atoms with E-state index in [1.165, 1.54) is 0 Å². The second kappa shape index (κ2) is 9.73. The van der Waals surface area contributed by atoms with Gasteiger partial charge in [0.2, 0.25) is 0 Å². The van der Waals surface area contributed by atoms with Crippen LogP contribution in [-0.2, 0) is 6.54 Å². The largest absolute Gasteiger partial charge is 0.497 e. The summed E-state index contributed by atoms with van der Waals surface area (Å²) in [6, 6.07) is 11.0. The Balaban J connectivity index is 2.34. The molecule has 1 heterocycles. The van der Waals surface area contributed by atoms with Crippen molar-refractivity contribution in [2.75, 3.05) is 47.3 Å². The minimum absolute atomic E-state index is 0.532. The molecule has 0 fully saturated rings. The smallest absolute Gasteiger partial charge is 0.162 e. The van der Waals surface area contributed by atoms with Crippen LogP contribution in [0.4, 0.5) is 5.82 Å². The van der Waals surface area contributed by atoms with Gasteiger partial charge in [-0.05, 0) is 44.4 Å². The van der Waals surface area contributed by atoms with Gasteiger partial charge in [0.25, 0.3) is 0 Å². The molecule has 3 aromatic rings. The number of anilines is 1. The number of hydrogen-bond donors (Lipinski definition) is 0. The highest BCUT2D eigenvalue weighted by atomic mass is 35.5. The van der Waals surface area contributed by atoms with E-state index in [4.69, 9.17) is 42.6 Å². The van der Waals surface area contributed by atoms with E-state index in [0.717, 1.165) is 28.2 Å². The van der Waals surface area contributed by atoms with Crippen molar-refractivity contribution >= 4 is 29.0 Å². The molecule has 0 bridgehead atoms. The summed E-state index contributed by atoms with van der Waals surface area (Å²) in [4.78, 5) is 13.9. The van der Waals surface area contributed by atoms with Gasteiger partial charge >= 0.3 is 0 Å². The molecule has 0 spiro atoms. The van der Waals surface area contributed by atoms with Crippen molar-refractivity contribution in [3.8, 4) is 34.1 Å². The average molecular weight is 461 g/mol. The third-order valence-corrected chi connectivity index (χ3v) is 5.23. The van der Waals surface area contributed by atoms with Crippen molar-refractivity contribution in [2.24, 2.45) is 0 Å². The van der Waals surface area contributed by atoms with Gasteiger partial charge in [0, 0.05) is 48.4 Å². The van der Waals surface area contributed by atoms with Crippen molar-refractivity contribution in [3.05, 3.63) is 52.0 Å². The summed E-state index contributed by atoms with van der Waals surface area (Å²) in [5.41, 5.74) is 3.30. The summed E-state index contributed by atoms with van der Waals surface area (Å²) < 4.78 is 10.9. The SMILES string of the molecule is COc1cc(OC)cc(-c2nc(-c3ccc(Cl)cc3Cl)c(CN(C)C)c(N(C)C)n2)c1. The van der Waals surface area contributed by atoms with E-state index in [9.17, 15) is 0 Å². The Morgan fingerprint density at radius 2 is 1.52 bits per heavy atom. The number of methoxy groups -OCH3 is 2. The number of hydrogen-bond acceptors (Lipinski definition) is 6. The summed E-state index contributed by atoms with van der Waals surface area (Å²) in [7, 11) is 11.2. The van der Waals surface area contributed by atoms with Gasteiger partial charge in [0.05, 0.1) is 24.9 Å². The maximum Gasteiger partial charge on any atom is 0.162 e. The fraction of sp³-hybridized carbons (Fsp3) is 0.304. The molecule has 31 heavy (non-hydrogen) atoms. The van der Waals surface area contributed by atoms with Crippen LogP contribution in [0.15, 0.2) is 36.4 Å². The zero-order valence-electron chi connectivity index (χ0n) is 18.5. The molecule has 6 nitrogen and oxygen atoms in total. The van der Waals surface area contributed by atoms with Crippen LogP contribution < -0.4 is 14.4 Å². The Hall–Kier alpha value is -2.54. The number of halogens is 2. The van der Waals surface area contributed by atoms with Crippen molar-refractivity contribution < 1.29 is 9.47 Å². The first-order chi connectivity index (χ1) is 14.7. The summed E-state index contributed by atoms with van der Waals surface area (Å²) >= 11 is 12.7. The molecule has 0 amide bonds. The lowest BCUT2D eigenvalue weighted by atomic mass is 10.0. The first kappa shape index (κ1) is 23.1. The Morgan fingerprint density at radius 3 is 2.03 bits per heavy atom. The Bertz CT molecular complexity index is 1070. The topological polar surface area (TPSA) is 50.7 Å². The summed E-state index contributed by atoms with van der Waals surface area (Å²) in [6.07, 6.45) is 0. The zero-order chi connectivity index (χ0) is 22.7. The summed E-state index contributed by atoms with van der Waals surface area (Å²) in [6.45, 7) is 0.642. The molecule has 0 aliphatic heterocycles. The van der Waals surface area contributed by atoms with Crippen LogP contribution in [0.1, 0.15) is 5.56 Å². The monoisotopic (exact) mass is 460 g/mol. The molecule has 1 aromatic heterocycles. The van der Waals surface area contributed by atoms with Gasteiger partial charge in [0.15, 0.2) is 5.82 Å². The highest BCUT2D eigenvalue weighted by Gasteiger charge is 2.21. The van der Waals surface area contributed by atoms with Crippen LogP contribution in [0.25, 0.3) is 22.6 Å². The molecular formula is C23H26Cl2N4O2. The van der Waals surface area contributed by atoms with Crippen LogP contribution in [-0.4, -0.2) is 57.3 Å². The number of aromatic nitrogens is 2. The van der Waals surface area contributed by atoms with Gasteiger partial charge < -0.3 is 19.3 Å². The maximum atomic E-state index is 6.59. The van der Waals surface area contributed by atoms with Crippen LogP contribution in [0.5, 0.6) is 11.5 Å². The van der Waals surface area contributed by atoms with Crippen LogP contribution in [0, 0.1) is 0 Å². The maximum absolute atomic E-state index is 6.59. The lowest BCUT2D eigenvalue weighted by molar-refractivity contribution is 0.394. The fourth-order valence-electron chi connectivity index (χ4n) is 3.27. The second-order valence-corrected chi connectivity index (χ2v) is 8.40. The zero-order valence-corrected chi connectivity index (χ0v) is 20.0. The lowest BCUT2D eigenvalue weighted by Crippen LogP contribution is -2.20. The van der Waals surface area contributed by atoms with Crippen LogP contribution in [0.3, 0.4) is 0 Å². The van der Waals surface area contributed by atoms with Crippen molar-refractivity contribution in [1.82, 2.24) is 14.9 Å². The quantitative estimate of drug-likeness (QED) is 0.478. The number of nitrogens with zero attached hydrogens (tertiary/aromatic N) is 4. The highest BCUT2D eigenvalue weighted by molar-refractivity contribution is 6.36. The molecule has 8 heteroatoms. The third-order valence-electron chi connectivity index (χ3n) is 4.68. The van der Waals surface area contributed by atoms with Crippen LogP contribution >= 0.6 is 23.2 Å². The van der Waals surface area contributed by atoms with Gasteiger partial charge in [-0.2, -0.15) is 0 Å². The van der Waals surface area contributed by atoms with E-state index in [1.54, 1.807) is 20.3 Å². The molecule has 0 saturated carbocycles. The molecule has 0 aliphatic rings. The Morgan fingerprint density at radius 1 is 0.871 bits per heavy atom. The molecular weight excluding hydrogens is 435 g/mol. The third kappa shape index (κ3) is 5.21. The average Bonchev–Trinajstić information content (AvgIpc) is 2.73. The van der Waals surface area contributed by atoms with Gasteiger partial charge in [-0.15, -0.1) is 0 Å². The molecule has 3 rings (SSSR count). The lowest BCUT2D eigenvalue weighted by Gasteiger charge is -2.23. The first-order valence-electron chi connectivity index (χ1n) is 9.65. The van der Waals surface area contributed by atoms with Crippen molar-refractivity contribution in [2.45, 2.75) is 6.54 Å². The molecule has 0 saturated heterocycles. The van der Waals surface area contributed by atoms with E-state index >= 15 is 0 Å². The number of benzene rings is 2. The molecule has 0 aliphatic carbocycles. The van der Waals surface area contributed by atoms with Gasteiger partial charge in [-0.3, -0.25) is 0 Å². The van der Waals surface area contributed by atoms with E-state index in [0.29, 0.717) is 33.9 Å². The predicted molar refractivity (Wildman–Crippen MR) is 128 cm³/mol. The summed E-state index contributed by atoms with van der Waals surface area (Å²) in [5, 5.41) is 1.10. The van der Waals surface area contributed by atoms with E-state index in [-0.39, 0.29) is 0 Å². The van der Waals surface area contributed by atoms with E-state index < -0.39 is 0 Å². The standard InChI is InChI=1S/C23H26Cl2N4O2/c1-28(2)13-19-21(18-8-7-15(24)11-20(18)25)26-22(27-23(19)29(3)4)14-9-16(30-5)12-17(10-14)31-6/h7-12H,13H2,1-6H3. The van der Waals surface area contributed by atoms with Crippen molar-refractivity contribution in [3.63, 3.8) is 0 Å². The Labute approximate surface area is 193 Å². The summed E-state index contributed by atoms with van der Waals surface area (Å²) in [5.74, 6) is 2.67. The van der Waals surface area contributed by atoms with Crippen LogP contribution in [0.2, 0.25) is 10.0 Å². The van der Waals surface area contributed by atoms with Crippen molar-refractivity contribution in [1.29, 1.82) is 0 Å². The normalized spacial score (nSPS) is 11.0. The van der Waals surface area contributed by atoms with E-state index in [1.807, 2.05) is 63.4 Å². The molecule has 164 valence electrons. The van der Waals surface area contributed by atoms with E-state index in [2.05, 4.69) is 4.90 Å². The van der Waals surface area contributed by atoms with Gasteiger partial charge in [-0.1, -0.05) is 23.2 Å². The minimum Gasteiger partial charge on any atom is -0.497 e. The molecule has 0 unspecified atom stereocenters. The first-order valence-corrected chi connectivity index (χ1v) is 10.4. The molecule has 0 atom stereocenters. The number of ether oxygens (including phenoxy) is 2. The molecule has 0 N–H and O–H groups in total. The fourth-order valence-corrected chi connectivity index (χ4v) is 3.77. The van der Waals surface area contributed by atoms with Gasteiger partial charge in [-0.25, -0.2) is 9.97 Å². The van der Waals surface area contributed by atoms with Gasteiger partial charge in [0.1, 0.15) is 17.3 Å². The molecule has 0 radical (unpaired) electrons. The highest BCUT2D eigenvalue weighted by Crippen LogP contribution is 2.37.